The third-order valence-corrected chi connectivity index (χ3v) is 5.05. The molecule has 0 aliphatic rings. The molecule has 0 fully saturated rings. The number of hydrogen-bond acceptors (Lipinski definition) is 5. The van der Waals surface area contributed by atoms with E-state index in [-0.39, 0.29) is 24.5 Å². The Balaban J connectivity index is 2.00. The maximum Gasteiger partial charge on any atom is 0.360 e. The van der Waals surface area contributed by atoms with Gasteiger partial charge >= 0.3 is 11.9 Å². The van der Waals surface area contributed by atoms with E-state index in [0.29, 0.717) is 5.69 Å². The molecule has 3 rings (SSSR count). The molecular formula is C27H32N2O4. The quantitative estimate of drug-likeness (QED) is 0.456. The Labute approximate surface area is 195 Å². The summed E-state index contributed by atoms with van der Waals surface area (Å²) in [5.41, 5.74) is 1.55. The summed E-state index contributed by atoms with van der Waals surface area (Å²) in [6.07, 6.45) is 0. The zero-order valence-corrected chi connectivity index (χ0v) is 20.2. The fraction of sp³-hybridized carbons (Fsp3) is 0.370. The molecule has 0 aliphatic heterocycles. The highest BCUT2D eigenvalue weighted by Crippen LogP contribution is 2.33. The molecule has 6 nitrogen and oxygen atoms in total. The number of esters is 2. The summed E-state index contributed by atoms with van der Waals surface area (Å²) in [4.78, 5) is 26.5. The van der Waals surface area contributed by atoms with Gasteiger partial charge in [-0.15, -0.1) is 0 Å². The maximum atomic E-state index is 13.3. The van der Waals surface area contributed by atoms with Crippen molar-refractivity contribution in [2.75, 3.05) is 0 Å². The highest BCUT2D eigenvalue weighted by atomic mass is 16.5. The first-order chi connectivity index (χ1) is 15.5. The minimum atomic E-state index is -0.654. The van der Waals surface area contributed by atoms with E-state index in [4.69, 9.17) is 9.47 Å². The highest BCUT2D eigenvalue weighted by Gasteiger charge is 2.38. The van der Waals surface area contributed by atoms with E-state index in [0.717, 1.165) is 11.1 Å². The van der Waals surface area contributed by atoms with Crippen molar-refractivity contribution >= 4 is 11.9 Å². The van der Waals surface area contributed by atoms with Crippen LogP contribution in [0.5, 0.6) is 0 Å². The van der Waals surface area contributed by atoms with Gasteiger partial charge in [0.2, 0.25) is 0 Å². The maximum absolute atomic E-state index is 13.3. The van der Waals surface area contributed by atoms with Gasteiger partial charge in [-0.1, -0.05) is 81.4 Å². The van der Waals surface area contributed by atoms with Crippen molar-refractivity contribution in [1.82, 2.24) is 9.78 Å². The minimum absolute atomic E-state index is 0.0242. The summed E-state index contributed by atoms with van der Waals surface area (Å²) in [6.45, 7) is 12.1. The average Bonchev–Trinajstić information content (AvgIpc) is 3.19. The third-order valence-electron chi connectivity index (χ3n) is 5.05. The second-order valence-electron chi connectivity index (χ2n) is 10.0. The van der Waals surface area contributed by atoms with Crippen LogP contribution < -0.4 is 0 Å². The lowest BCUT2D eigenvalue weighted by molar-refractivity contribution is 0.0420. The van der Waals surface area contributed by atoms with Crippen molar-refractivity contribution in [2.24, 2.45) is 0 Å². The SMILES string of the molecule is CC(C)(C)c1c(C(=O)OCc2ccccc2)c(C(=O)OCc2ccccc2)nn1C(C)(C)C. The first kappa shape index (κ1) is 24.2. The third kappa shape index (κ3) is 5.89. The van der Waals surface area contributed by atoms with Crippen molar-refractivity contribution in [3.8, 4) is 0 Å². The van der Waals surface area contributed by atoms with Crippen LogP contribution in [0.25, 0.3) is 0 Å². The van der Waals surface area contributed by atoms with E-state index in [9.17, 15) is 9.59 Å². The van der Waals surface area contributed by atoms with Gasteiger partial charge in [-0.2, -0.15) is 5.10 Å². The zero-order chi connectivity index (χ0) is 24.2. The van der Waals surface area contributed by atoms with Crippen LogP contribution in [0.4, 0.5) is 0 Å². The van der Waals surface area contributed by atoms with E-state index in [1.54, 1.807) is 4.68 Å². The number of carbonyl (C=O) groups excluding carboxylic acids is 2. The van der Waals surface area contributed by atoms with Crippen LogP contribution in [-0.2, 0) is 33.6 Å². The number of aromatic nitrogens is 2. The standard InChI is InChI=1S/C27H32N2O4/c1-26(2,3)23-21(24(30)32-17-19-13-9-7-10-14-19)22(28-29(23)27(4,5)6)25(31)33-18-20-15-11-8-12-16-20/h7-16H,17-18H2,1-6H3. The number of hydrogen-bond donors (Lipinski definition) is 0. The fourth-order valence-corrected chi connectivity index (χ4v) is 3.52. The van der Waals surface area contributed by atoms with Gasteiger partial charge in [0.25, 0.3) is 0 Å². The largest absolute Gasteiger partial charge is 0.457 e. The van der Waals surface area contributed by atoms with Gasteiger partial charge in [0, 0.05) is 5.41 Å². The summed E-state index contributed by atoms with van der Waals surface area (Å²) in [5, 5.41) is 4.58. The molecule has 0 saturated carbocycles. The normalized spacial score (nSPS) is 11.8. The highest BCUT2D eigenvalue weighted by molar-refractivity contribution is 6.03. The predicted octanol–water partition coefficient (Wildman–Crippen LogP) is 5.65. The van der Waals surface area contributed by atoms with Gasteiger partial charge in [0.15, 0.2) is 5.69 Å². The molecule has 0 unspecified atom stereocenters. The Morgan fingerprint density at radius 1 is 0.758 bits per heavy atom. The molecule has 1 aromatic heterocycles. The lowest BCUT2D eigenvalue weighted by Gasteiger charge is -2.29. The van der Waals surface area contributed by atoms with Crippen LogP contribution in [0, 0.1) is 0 Å². The zero-order valence-electron chi connectivity index (χ0n) is 20.2. The molecule has 0 radical (unpaired) electrons. The molecule has 3 aromatic rings. The number of benzene rings is 2. The Morgan fingerprint density at radius 2 is 1.21 bits per heavy atom. The molecule has 0 atom stereocenters. The minimum Gasteiger partial charge on any atom is -0.457 e. The molecular weight excluding hydrogens is 416 g/mol. The average molecular weight is 449 g/mol. The monoisotopic (exact) mass is 448 g/mol. The number of carbonyl (C=O) groups is 2. The molecule has 0 bridgehead atoms. The van der Waals surface area contributed by atoms with Gasteiger partial charge in [0.05, 0.1) is 11.2 Å². The summed E-state index contributed by atoms with van der Waals surface area (Å²) in [6, 6.07) is 18.8. The lowest BCUT2D eigenvalue weighted by Crippen LogP contribution is -2.31. The van der Waals surface area contributed by atoms with E-state index in [1.807, 2.05) is 102 Å². The van der Waals surface area contributed by atoms with Gasteiger partial charge < -0.3 is 9.47 Å². The van der Waals surface area contributed by atoms with Crippen molar-refractivity contribution in [2.45, 2.75) is 65.7 Å². The van der Waals surface area contributed by atoms with Crippen LogP contribution in [0.2, 0.25) is 0 Å². The number of nitrogens with zero attached hydrogens (tertiary/aromatic N) is 2. The van der Waals surface area contributed by atoms with Crippen molar-refractivity contribution in [3.05, 3.63) is 88.7 Å². The first-order valence-electron chi connectivity index (χ1n) is 11.0. The molecule has 1 heterocycles. The van der Waals surface area contributed by atoms with Crippen LogP contribution >= 0.6 is 0 Å². The van der Waals surface area contributed by atoms with E-state index in [1.165, 1.54) is 0 Å². The topological polar surface area (TPSA) is 70.4 Å². The van der Waals surface area contributed by atoms with Crippen LogP contribution in [-0.4, -0.2) is 21.7 Å². The van der Waals surface area contributed by atoms with Gasteiger partial charge in [0.1, 0.15) is 18.8 Å². The van der Waals surface area contributed by atoms with Crippen LogP contribution in [0.15, 0.2) is 60.7 Å². The number of rotatable bonds is 6. The lowest BCUT2D eigenvalue weighted by atomic mass is 9.87. The summed E-state index contributed by atoms with van der Waals surface area (Å²) >= 11 is 0. The molecule has 174 valence electrons. The van der Waals surface area contributed by atoms with Crippen molar-refractivity contribution in [3.63, 3.8) is 0 Å². The molecule has 0 N–H and O–H groups in total. The molecule has 0 spiro atoms. The summed E-state index contributed by atoms with van der Waals surface area (Å²) < 4.78 is 12.9. The summed E-state index contributed by atoms with van der Waals surface area (Å²) in [5.74, 6) is -1.25. The molecule has 0 aliphatic carbocycles. The Bertz CT molecular complexity index is 1100. The Morgan fingerprint density at radius 3 is 1.64 bits per heavy atom. The molecule has 0 amide bonds. The van der Waals surface area contributed by atoms with Crippen molar-refractivity contribution < 1.29 is 19.1 Å². The van der Waals surface area contributed by atoms with Gasteiger partial charge in [-0.25, -0.2) is 9.59 Å². The summed E-state index contributed by atoms with van der Waals surface area (Å²) in [7, 11) is 0. The molecule has 33 heavy (non-hydrogen) atoms. The fourth-order valence-electron chi connectivity index (χ4n) is 3.52. The second kappa shape index (κ2) is 9.61. The van der Waals surface area contributed by atoms with E-state index >= 15 is 0 Å². The van der Waals surface area contributed by atoms with Crippen molar-refractivity contribution in [1.29, 1.82) is 0 Å². The Hall–Kier alpha value is -3.41. The van der Waals surface area contributed by atoms with Crippen LogP contribution in [0.3, 0.4) is 0 Å². The second-order valence-corrected chi connectivity index (χ2v) is 10.0. The molecule has 6 heteroatoms. The van der Waals surface area contributed by atoms with Gasteiger partial charge in [-0.05, 0) is 31.9 Å². The van der Waals surface area contributed by atoms with E-state index in [2.05, 4.69) is 5.10 Å². The molecule has 2 aromatic carbocycles. The predicted molar refractivity (Wildman–Crippen MR) is 127 cm³/mol. The Kier molecular flexibility index (Phi) is 7.06. The van der Waals surface area contributed by atoms with Gasteiger partial charge in [-0.3, -0.25) is 4.68 Å². The first-order valence-corrected chi connectivity index (χ1v) is 11.0. The molecule has 0 saturated heterocycles. The van der Waals surface area contributed by atoms with E-state index < -0.39 is 22.9 Å². The smallest absolute Gasteiger partial charge is 0.360 e. The van der Waals surface area contributed by atoms with Crippen LogP contribution in [0.1, 0.15) is 79.2 Å². The number of ether oxygens (including phenoxy) is 2.